The normalized spacial score (nSPS) is 11.7. The molecule has 0 fully saturated rings. The molecule has 0 bridgehead atoms. The number of aromatic nitrogens is 4. The average Bonchev–Trinajstić information content (AvgIpc) is 3.46. The van der Waals surface area contributed by atoms with E-state index in [2.05, 4.69) is 25.0 Å². The Bertz CT molecular complexity index is 1540. The number of nitrogens with one attached hydrogen (secondary N) is 2. The third-order valence-electron chi connectivity index (χ3n) is 5.47. The zero-order valence-electron chi connectivity index (χ0n) is 19.0. The van der Waals surface area contributed by atoms with Gasteiger partial charge in [-0.2, -0.15) is 4.98 Å². The highest BCUT2D eigenvalue weighted by atomic mass is 32.2. The van der Waals surface area contributed by atoms with E-state index in [1.165, 1.54) is 0 Å². The molecule has 0 radical (unpaired) electrons. The molecule has 0 amide bonds. The molecule has 10 heteroatoms. The predicted octanol–water partition coefficient (Wildman–Crippen LogP) is 4.14. The lowest BCUT2D eigenvalue weighted by molar-refractivity contribution is 0.580. The summed E-state index contributed by atoms with van der Waals surface area (Å²) in [5.41, 5.74) is 4.22. The maximum atomic E-state index is 12.4. The number of sulfonamides is 1. The van der Waals surface area contributed by atoms with Crippen molar-refractivity contribution in [3.05, 3.63) is 84.9 Å². The van der Waals surface area contributed by atoms with Crippen molar-refractivity contribution in [2.45, 2.75) is 18.2 Å². The molecule has 5 rings (SSSR count). The Morgan fingerprint density at radius 2 is 1.77 bits per heavy atom. The Morgan fingerprint density at radius 3 is 2.57 bits per heavy atom. The molecule has 3 heterocycles. The molecule has 9 nitrogen and oxygen atoms in total. The largest absolute Gasteiger partial charge is 0.432 e. The fourth-order valence-electron chi connectivity index (χ4n) is 3.70. The molecule has 0 saturated heterocycles. The van der Waals surface area contributed by atoms with E-state index in [0.29, 0.717) is 37.0 Å². The second kappa shape index (κ2) is 9.69. The summed E-state index contributed by atoms with van der Waals surface area (Å²) >= 11 is 0. The van der Waals surface area contributed by atoms with Gasteiger partial charge in [0.05, 0.1) is 10.6 Å². The third kappa shape index (κ3) is 4.93. The van der Waals surface area contributed by atoms with Gasteiger partial charge in [-0.1, -0.05) is 48.0 Å². The molecule has 5 aromatic rings. The number of hydrogen-bond donors (Lipinski definition) is 2. The van der Waals surface area contributed by atoms with Crippen LogP contribution in [-0.2, 0) is 10.0 Å². The van der Waals surface area contributed by atoms with Gasteiger partial charge in [0.2, 0.25) is 16.0 Å². The number of oxazole rings is 1. The summed E-state index contributed by atoms with van der Waals surface area (Å²) in [6.07, 6.45) is 5.63. The van der Waals surface area contributed by atoms with Crippen LogP contribution in [0, 0.1) is 6.92 Å². The summed E-state index contributed by atoms with van der Waals surface area (Å²) in [5, 5.41) is 3.17. The lowest BCUT2D eigenvalue weighted by atomic mass is 10.1. The van der Waals surface area contributed by atoms with E-state index in [4.69, 9.17) is 4.42 Å². The SMILES string of the molecule is Cc1ccc(S(=O)(=O)NCCCNc2nccc(-c3c(-c4ccccc4)nc4occn34)n2)cc1. The quantitative estimate of drug-likeness (QED) is 0.300. The Balaban J connectivity index is 1.26. The van der Waals surface area contributed by atoms with E-state index in [1.807, 2.05) is 47.7 Å². The predicted molar refractivity (Wildman–Crippen MR) is 133 cm³/mol. The number of fused-ring (bicyclic) bond motifs is 1. The number of rotatable bonds is 9. The molecule has 0 atom stereocenters. The van der Waals surface area contributed by atoms with Crippen molar-refractivity contribution in [2.24, 2.45) is 0 Å². The second-order valence-corrected chi connectivity index (χ2v) is 9.75. The minimum Gasteiger partial charge on any atom is -0.432 e. The van der Waals surface area contributed by atoms with Crippen LogP contribution >= 0.6 is 0 Å². The fourth-order valence-corrected chi connectivity index (χ4v) is 4.77. The van der Waals surface area contributed by atoms with E-state index >= 15 is 0 Å². The molecule has 2 aromatic carbocycles. The summed E-state index contributed by atoms with van der Waals surface area (Å²) in [6, 6.07) is 18.4. The monoisotopic (exact) mass is 488 g/mol. The van der Waals surface area contributed by atoms with Crippen molar-refractivity contribution in [1.29, 1.82) is 0 Å². The summed E-state index contributed by atoms with van der Waals surface area (Å²) in [4.78, 5) is 13.9. The highest BCUT2D eigenvalue weighted by Gasteiger charge is 2.19. The first-order valence-electron chi connectivity index (χ1n) is 11.2. The van der Waals surface area contributed by atoms with Crippen LogP contribution in [0.25, 0.3) is 28.5 Å². The van der Waals surface area contributed by atoms with Gasteiger partial charge >= 0.3 is 5.84 Å². The number of nitrogens with zero attached hydrogens (tertiary/aromatic N) is 4. The molecule has 2 N–H and O–H groups in total. The molecule has 0 aliphatic carbocycles. The topological polar surface area (TPSA) is 114 Å². The van der Waals surface area contributed by atoms with Crippen molar-refractivity contribution in [2.75, 3.05) is 18.4 Å². The Hall–Kier alpha value is -4.02. The van der Waals surface area contributed by atoms with Crippen molar-refractivity contribution >= 4 is 21.8 Å². The van der Waals surface area contributed by atoms with Crippen LogP contribution in [0.1, 0.15) is 12.0 Å². The van der Waals surface area contributed by atoms with Gasteiger partial charge in [-0.3, -0.25) is 4.40 Å². The van der Waals surface area contributed by atoms with Gasteiger partial charge in [-0.05, 0) is 31.5 Å². The summed E-state index contributed by atoms with van der Waals surface area (Å²) in [7, 11) is -3.53. The van der Waals surface area contributed by atoms with Gasteiger partial charge in [0, 0.05) is 31.0 Å². The van der Waals surface area contributed by atoms with E-state index in [-0.39, 0.29) is 4.90 Å². The van der Waals surface area contributed by atoms with Crippen LogP contribution in [0.2, 0.25) is 0 Å². The molecule has 3 aromatic heterocycles. The molecular weight excluding hydrogens is 464 g/mol. The first kappa shape index (κ1) is 22.8. The van der Waals surface area contributed by atoms with Crippen molar-refractivity contribution < 1.29 is 12.8 Å². The Labute approximate surface area is 202 Å². The number of hydrogen-bond acceptors (Lipinski definition) is 7. The molecule has 35 heavy (non-hydrogen) atoms. The van der Waals surface area contributed by atoms with Gasteiger partial charge in [0.1, 0.15) is 17.7 Å². The molecular formula is C25H24N6O3S. The van der Waals surface area contributed by atoms with Crippen molar-refractivity contribution in [3.8, 4) is 22.6 Å². The number of anilines is 1. The number of imidazole rings is 1. The van der Waals surface area contributed by atoms with Crippen LogP contribution in [0.3, 0.4) is 0 Å². The lowest BCUT2D eigenvalue weighted by Gasteiger charge is -2.09. The molecule has 0 spiro atoms. The van der Waals surface area contributed by atoms with Crippen LogP contribution < -0.4 is 10.0 Å². The van der Waals surface area contributed by atoms with Gasteiger partial charge in [0.15, 0.2) is 0 Å². The zero-order chi connectivity index (χ0) is 24.3. The maximum absolute atomic E-state index is 12.4. The smallest absolute Gasteiger partial charge is 0.306 e. The fraction of sp³-hybridized carbons (Fsp3) is 0.160. The average molecular weight is 489 g/mol. The zero-order valence-corrected chi connectivity index (χ0v) is 19.9. The number of aryl methyl sites for hydroxylation is 1. The highest BCUT2D eigenvalue weighted by Crippen LogP contribution is 2.32. The lowest BCUT2D eigenvalue weighted by Crippen LogP contribution is -2.26. The van der Waals surface area contributed by atoms with E-state index in [9.17, 15) is 8.42 Å². The minimum absolute atomic E-state index is 0.257. The maximum Gasteiger partial charge on any atom is 0.306 e. The van der Waals surface area contributed by atoms with Crippen molar-refractivity contribution in [3.63, 3.8) is 0 Å². The van der Waals surface area contributed by atoms with Crippen LogP contribution in [0.5, 0.6) is 0 Å². The van der Waals surface area contributed by atoms with E-state index < -0.39 is 10.0 Å². The second-order valence-electron chi connectivity index (χ2n) is 7.99. The van der Waals surface area contributed by atoms with E-state index in [0.717, 1.165) is 22.5 Å². The van der Waals surface area contributed by atoms with Crippen molar-refractivity contribution in [1.82, 2.24) is 24.1 Å². The molecule has 178 valence electrons. The Kier molecular flexibility index (Phi) is 6.30. The summed E-state index contributed by atoms with van der Waals surface area (Å²) < 4.78 is 34.8. The first-order chi connectivity index (χ1) is 17.0. The van der Waals surface area contributed by atoms with E-state index in [1.54, 1.807) is 42.9 Å². The van der Waals surface area contributed by atoms with Crippen LogP contribution in [-0.4, -0.2) is 40.9 Å². The van der Waals surface area contributed by atoms with Gasteiger partial charge < -0.3 is 9.73 Å². The molecule has 0 unspecified atom stereocenters. The van der Waals surface area contributed by atoms with Gasteiger partial charge in [-0.25, -0.2) is 23.1 Å². The van der Waals surface area contributed by atoms with Gasteiger partial charge in [-0.15, -0.1) is 0 Å². The highest BCUT2D eigenvalue weighted by molar-refractivity contribution is 7.89. The molecule has 0 aliphatic heterocycles. The first-order valence-corrected chi connectivity index (χ1v) is 12.6. The van der Waals surface area contributed by atoms with Crippen LogP contribution in [0.4, 0.5) is 5.95 Å². The third-order valence-corrected chi connectivity index (χ3v) is 6.94. The summed E-state index contributed by atoms with van der Waals surface area (Å²) in [6.45, 7) is 2.71. The molecule has 0 saturated carbocycles. The minimum atomic E-state index is -3.53. The summed E-state index contributed by atoms with van der Waals surface area (Å²) in [5.74, 6) is 0.925. The standard InChI is InChI=1S/C25H24N6O3S/c1-18-8-10-20(11-9-18)35(32,33)28-14-5-13-26-24-27-15-12-21(29-24)23-22(19-6-3-2-4-7-19)30-25-31(23)16-17-34-25/h2-4,6-12,15-17,28H,5,13-14H2,1H3,(H,26,27,29). The molecule has 0 aliphatic rings. The number of benzene rings is 2. The Morgan fingerprint density at radius 1 is 0.971 bits per heavy atom. The van der Waals surface area contributed by atoms with Gasteiger partial charge in [0.25, 0.3) is 0 Å². The van der Waals surface area contributed by atoms with Crippen LogP contribution in [0.15, 0.2) is 88.6 Å².